The highest BCUT2D eigenvalue weighted by molar-refractivity contribution is 6.31. The van der Waals surface area contributed by atoms with Crippen LogP contribution < -0.4 is 5.32 Å². The van der Waals surface area contributed by atoms with E-state index in [1.54, 1.807) is 18.2 Å². The minimum absolute atomic E-state index is 0.222. The number of nitrogens with one attached hydrogen (secondary N) is 1. The van der Waals surface area contributed by atoms with E-state index in [9.17, 15) is 4.79 Å². The molecule has 23 heavy (non-hydrogen) atoms. The van der Waals surface area contributed by atoms with Crippen LogP contribution in [0.2, 0.25) is 5.02 Å². The number of rotatable bonds is 3. The second-order valence-corrected chi connectivity index (χ2v) is 5.79. The predicted molar refractivity (Wildman–Crippen MR) is 90.8 cm³/mol. The van der Waals surface area contributed by atoms with Crippen LogP contribution in [0.4, 0.5) is 5.69 Å². The lowest BCUT2D eigenvalue weighted by Gasteiger charge is -2.06. The van der Waals surface area contributed by atoms with E-state index in [1.165, 1.54) is 0 Å². The van der Waals surface area contributed by atoms with Crippen LogP contribution in [0.15, 0.2) is 53.1 Å². The summed E-state index contributed by atoms with van der Waals surface area (Å²) in [4.78, 5) is 12.3. The van der Waals surface area contributed by atoms with Gasteiger partial charge in [-0.1, -0.05) is 52.7 Å². The number of amides is 1. The fourth-order valence-electron chi connectivity index (χ4n) is 2.15. The number of hydrogen-bond acceptors (Lipinski definition) is 3. The van der Waals surface area contributed by atoms with Crippen LogP contribution >= 0.6 is 11.6 Å². The molecule has 0 aliphatic rings. The van der Waals surface area contributed by atoms with Crippen molar-refractivity contribution < 1.29 is 9.32 Å². The fourth-order valence-corrected chi connectivity index (χ4v) is 2.32. The summed E-state index contributed by atoms with van der Waals surface area (Å²) in [6.07, 6.45) is 0. The Hall–Kier alpha value is -2.59. The molecule has 116 valence electrons. The molecule has 1 aromatic heterocycles. The second-order valence-electron chi connectivity index (χ2n) is 5.36. The van der Waals surface area contributed by atoms with E-state index in [-0.39, 0.29) is 11.6 Å². The van der Waals surface area contributed by atoms with Crippen molar-refractivity contribution in [3.8, 4) is 11.3 Å². The Kier molecular flexibility index (Phi) is 4.17. The van der Waals surface area contributed by atoms with Crippen LogP contribution in [0.5, 0.6) is 0 Å². The quantitative estimate of drug-likeness (QED) is 0.747. The monoisotopic (exact) mass is 326 g/mol. The molecule has 5 heteroatoms. The van der Waals surface area contributed by atoms with Gasteiger partial charge in [-0.25, -0.2) is 0 Å². The largest absolute Gasteiger partial charge is 0.355 e. The first-order chi connectivity index (χ1) is 11.0. The molecular weight excluding hydrogens is 312 g/mol. The molecule has 0 fully saturated rings. The van der Waals surface area contributed by atoms with Gasteiger partial charge in [0.25, 0.3) is 5.91 Å². The van der Waals surface area contributed by atoms with Crippen LogP contribution in [0.25, 0.3) is 11.3 Å². The van der Waals surface area contributed by atoms with E-state index in [4.69, 9.17) is 16.1 Å². The molecular formula is C18H15ClN2O2. The van der Waals surface area contributed by atoms with Crippen molar-refractivity contribution in [1.29, 1.82) is 0 Å². The SMILES string of the molecule is Cc1ccc(-c2cc(C(=O)Nc3cc(Cl)ccc3C)no2)cc1. The summed E-state index contributed by atoms with van der Waals surface area (Å²) < 4.78 is 5.27. The molecule has 0 spiro atoms. The first kappa shape index (κ1) is 15.3. The molecule has 0 aliphatic carbocycles. The molecule has 1 amide bonds. The summed E-state index contributed by atoms with van der Waals surface area (Å²) >= 11 is 5.96. The number of aromatic nitrogens is 1. The van der Waals surface area contributed by atoms with Gasteiger partial charge in [-0.15, -0.1) is 0 Å². The molecule has 1 N–H and O–H groups in total. The highest BCUT2D eigenvalue weighted by Gasteiger charge is 2.15. The Bertz CT molecular complexity index is 854. The Labute approximate surface area is 139 Å². The molecule has 0 aliphatic heterocycles. The molecule has 0 saturated heterocycles. The Morgan fingerprint density at radius 3 is 2.57 bits per heavy atom. The number of hydrogen-bond donors (Lipinski definition) is 1. The van der Waals surface area contributed by atoms with Crippen LogP contribution in [0.1, 0.15) is 21.6 Å². The summed E-state index contributed by atoms with van der Waals surface area (Å²) in [5.74, 6) is 0.218. The van der Waals surface area contributed by atoms with Gasteiger partial charge >= 0.3 is 0 Å². The average Bonchev–Trinajstić information content (AvgIpc) is 3.02. The zero-order valence-corrected chi connectivity index (χ0v) is 13.5. The van der Waals surface area contributed by atoms with Crippen LogP contribution in [-0.2, 0) is 0 Å². The molecule has 0 radical (unpaired) electrons. The van der Waals surface area contributed by atoms with Gasteiger partial charge in [-0.2, -0.15) is 0 Å². The third kappa shape index (κ3) is 3.43. The number of nitrogens with zero attached hydrogens (tertiary/aromatic N) is 1. The summed E-state index contributed by atoms with van der Waals surface area (Å²) in [5.41, 5.74) is 3.83. The lowest BCUT2D eigenvalue weighted by molar-refractivity contribution is 0.101. The maximum absolute atomic E-state index is 12.3. The number of carbonyl (C=O) groups excluding carboxylic acids is 1. The van der Waals surface area contributed by atoms with Gasteiger partial charge < -0.3 is 9.84 Å². The summed E-state index contributed by atoms with van der Waals surface area (Å²) in [7, 11) is 0. The smallest absolute Gasteiger partial charge is 0.277 e. The summed E-state index contributed by atoms with van der Waals surface area (Å²) in [6.45, 7) is 3.91. The molecule has 1 heterocycles. The van der Waals surface area contributed by atoms with Gasteiger partial charge in [0.05, 0.1) is 0 Å². The van der Waals surface area contributed by atoms with Crippen molar-refractivity contribution in [2.24, 2.45) is 0 Å². The number of benzene rings is 2. The molecule has 3 rings (SSSR count). The van der Waals surface area contributed by atoms with Gasteiger partial charge in [0.1, 0.15) is 0 Å². The van der Waals surface area contributed by atoms with E-state index >= 15 is 0 Å². The summed E-state index contributed by atoms with van der Waals surface area (Å²) in [6, 6.07) is 14.8. The number of aryl methyl sites for hydroxylation is 2. The van der Waals surface area contributed by atoms with Gasteiger partial charge in [0, 0.05) is 22.3 Å². The van der Waals surface area contributed by atoms with E-state index in [0.717, 1.165) is 16.7 Å². The highest BCUT2D eigenvalue weighted by atomic mass is 35.5. The van der Waals surface area contributed by atoms with Crippen LogP contribution in [0.3, 0.4) is 0 Å². The standard InChI is InChI=1S/C18H15ClN2O2/c1-11-3-6-13(7-4-11)17-10-16(21-23-17)18(22)20-15-9-14(19)8-5-12(15)2/h3-10H,1-2H3,(H,20,22). The van der Waals surface area contributed by atoms with Gasteiger partial charge in [-0.3, -0.25) is 4.79 Å². The minimum atomic E-state index is -0.336. The van der Waals surface area contributed by atoms with Gasteiger partial charge in [0.2, 0.25) is 0 Å². The zero-order chi connectivity index (χ0) is 16.4. The van der Waals surface area contributed by atoms with Crippen molar-refractivity contribution in [2.45, 2.75) is 13.8 Å². The van der Waals surface area contributed by atoms with Crippen molar-refractivity contribution in [3.05, 3.63) is 70.4 Å². The van der Waals surface area contributed by atoms with Crippen molar-refractivity contribution in [2.75, 3.05) is 5.32 Å². The third-order valence-electron chi connectivity index (χ3n) is 3.53. The maximum atomic E-state index is 12.3. The van der Waals surface area contributed by atoms with Crippen LogP contribution in [0, 0.1) is 13.8 Å². The predicted octanol–water partition coefficient (Wildman–Crippen LogP) is 4.86. The molecule has 3 aromatic rings. The molecule has 2 aromatic carbocycles. The number of anilines is 1. The molecule has 0 saturated carbocycles. The van der Waals surface area contributed by atoms with E-state index in [2.05, 4.69) is 10.5 Å². The van der Waals surface area contributed by atoms with Gasteiger partial charge in [0.15, 0.2) is 11.5 Å². The maximum Gasteiger partial charge on any atom is 0.277 e. The lowest BCUT2D eigenvalue weighted by Crippen LogP contribution is -2.13. The Balaban J connectivity index is 1.81. The average molecular weight is 327 g/mol. The normalized spacial score (nSPS) is 10.6. The molecule has 0 atom stereocenters. The van der Waals surface area contributed by atoms with Crippen molar-refractivity contribution in [3.63, 3.8) is 0 Å². The topological polar surface area (TPSA) is 55.1 Å². The minimum Gasteiger partial charge on any atom is -0.355 e. The first-order valence-electron chi connectivity index (χ1n) is 7.14. The van der Waals surface area contributed by atoms with Gasteiger partial charge in [-0.05, 0) is 31.5 Å². The zero-order valence-electron chi connectivity index (χ0n) is 12.8. The first-order valence-corrected chi connectivity index (χ1v) is 7.52. The van der Waals surface area contributed by atoms with Crippen molar-refractivity contribution in [1.82, 2.24) is 5.16 Å². The molecule has 0 bridgehead atoms. The van der Waals surface area contributed by atoms with Crippen molar-refractivity contribution >= 4 is 23.2 Å². The van der Waals surface area contributed by atoms with E-state index in [1.807, 2.05) is 44.2 Å². The van der Waals surface area contributed by atoms with E-state index < -0.39 is 0 Å². The van der Waals surface area contributed by atoms with Crippen LogP contribution in [-0.4, -0.2) is 11.1 Å². The highest BCUT2D eigenvalue weighted by Crippen LogP contribution is 2.23. The summed E-state index contributed by atoms with van der Waals surface area (Å²) in [5, 5.41) is 7.20. The molecule has 4 nitrogen and oxygen atoms in total. The second kappa shape index (κ2) is 6.26. The molecule has 0 unspecified atom stereocenters. The number of carbonyl (C=O) groups is 1. The number of halogens is 1. The Morgan fingerprint density at radius 1 is 1.09 bits per heavy atom. The van der Waals surface area contributed by atoms with E-state index in [0.29, 0.717) is 16.5 Å². The third-order valence-corrected chi connectivity index (χ3v) is 3.76. The lowest BCUT2D eigenvalue weighted by atomic mass is 10.1. The Morgan fingerprint density at radius 2 is 1.83 bits per heavy atom. The fraction of sp³-hybridized carbons (Fsp3) is 0.111.